The van der Waals surface area contributed by atoms with Crippen LogP contribution >= 0.6 is 0 Å². The minimum Gasteiger partial charge on any atom is -1.00 e. The zero-order valence-corrected chi connectivity index (χ0v) is 16.7. The Labute approximate surface area is 171 Å². The van der Waals surface area contributed by atoms with Crippen molar-refractivity contribution in [1.29, 1.82) is 0 Å². The van der Waals surface area contributed by atoms with E-state index in [9.17, 15) is 9.90 Å². The van der Waals surface area contributed by atoms with E-state index >= 15 is 0 Å². The maximum Gasteiger partial charge on any atom is 0.335 e. The van der Waals surface area contributed by atoms with E-state index in [0.717, 1.165) is 16.8 Å². The van der Waals surface area contributed by atoms with Crippen LogP contribution in [0.1, 0.15) is 27.2 Å². The molecule has 1 N–H and O–H groups in total. The summed E-state index contributed by atoms with van der Waals surface area (Å²) in [6.45, 7) is 0.612. The molecule has 2 aromatic carbocycles. The summed E-state index contributed by atoms with van der Waals surface area (Å²) in [5.74, 6) is -0.906. The summed E-state index contributed by atoms with van der Waals surface area (Å²) in [5.41, 5.74) is 4.61. The average molecular weight is 395 g/mol. The Balaban J connectivity index is 0.00000280. The van der Waals surface area contributed by atoms with Gasteiger partial charge in [0.2, 0.25) is 5.69 Å². The number of aromatic carboxylic acids is 1. The molecule has 0 amide bonds. The predicted octanol–water partition coefficient (Wildman–Crippen LogP) is 0.961. The van der Waals surface area contributed by atoms with Crippen molar-refractivity contribution in [3.05, 3.63) is 95.3 Å². The topological polar surface area (TPSA) is 44.4 Å². The van der Waals surface area contributed by atoms with Crippen molar-refractivity contribution in [3.63, 3.8) is 0 Å². The van der Waals surface area contributed by atoms with Crippen LogP contribution in [0.15, 0.2) is 72.9 Å². The van der Waals surface area contributed by atoms with Gasteiger partial charge in [-0.1, -0.05) is 24.3 Å². The molecule has 0 radical (unpaired) electrons. The molecular formula is C23H23ClN2O2. The standard InChI is InChI=1S/C23H22N2O2.ClH/c1-24(2)21-12-9-18(10-13-21)11-14-22-8-3-4-15-25(22)17-19-6-5-7-20(16-19)23(26)27;/h3-16H,17H2,1-2H3;1H. The highest BCUT2D eigenvalue weighted by Crippen LogP contribution is 2.14. The number of benzene rings is 2. The summed E-state index contributed by atoms with van der Waals surface area (Å²) in [4.78, 5) is 13.3. The number of hydrogen-bond acceptors (Lipinski definition) is 2. The third-order valence-corrected chi connectivity index (χ3v) is 4.36. The van der Waals surface area contributed by atoms with E-state index in [-0.39, 0.29) is 12.4 Å². The molecule has 28 heavy (non-hydrogen) atoms. The zero-order chi connectivity index (χ0) is 19.2. The second-order valence-corrected chi connectivity index (χ2v) is 6.58. The maximum absolute atomic E-state index is 11.2. The molecule has 4 nitrogen and oxygen atoms in total. The molecule has 0 aliphatic carbocycles. The molecule has 1 heterocycles. The van der Waals surface area contributed by atoms with Crippen LogP contribution in [0, 0.1) is 0 Å². The van der Waals surface area contributed by atoms with Gasteiger partial charge in [-0.25, -0.2) is 4.79 Å². The molecule has 0 bridgehead atoms. The SMILES string of the molecule is CN(C)c1ccc(/C=C/c2cccc[n+]2Cc2cccc(C(=O)O)c2)cc1.[Cl-]. The largest absolute Gasteiger partial charge is 1.00 e. The van der Waals surface area contributed by atoms with Gasteiger partial charge in [0, 0.05) is 43.6 Å². The Hall–Kier alpha value is -3.11. The van der Waals surface area contributed by atoms with Gasteiger partial charge >= 0.3 is 5.97 Å². The van der Waals surface area contributed by atoms with Gasteiger partial charge in [0.05, 0.1) is 5.56 Å². The minimum absolute atomic E-state index is 0. The first-order valence-corrected chi connectivity index (χ1v) is 8.79. The van der Waals surface area contributed by atoms with E-state index in [1.807, 2.05) is 44.6 Å². The van der Waals surface area contributed by atoms with Crippen molar-refractivity contribution in [2.75, 3.05) is 19.0 Å². The van der Waals surface area contributed by atoms with Crippen LogP contribution in [-0.4, -0.2) is 25.2 Å². The van der Waals surface area contributed by atoms with Crippen LogP contribution in [0.2, 0.25) is 0 Å². The average Bonchev–Trinajstić information content (AvgIpc) is 2.68. The first-order chi connectivity index (χ1) is 13.0. The fourth-order valence-corrected chi connectivity index (χ4v) is 2.85. The van der Waals surface area contributed by atoms with Crippen molar-refractivity contribution in [2.45, 2.75) is 6.54 Å². The lowest BCUT2D eigenvalue weighted by molar-refractivity contribution is -0.690. The van der Waals surface area contributed by atoms with E-state index in [4.69, 9.17) is 0 Å². The van der Waals surface area contributed by atoms with Gasteiger partial charge in [0.25, 0.3) is 0 Å². The number of pyridine rings is 1. The van der Waals surface area contributed by atoms with Gasteiger partial charge in [-0.2, -0.15) is 4.57 Å². The van der Waals surface area contributed by atoms with Crippen molar-refractivity contribution in [1.82, 2.24) is 0 Å². The molecule has 0 aliphatic rings. The number of carboxylic acids is 1. The summed E-state index contributed by atoms with van der Waals surface area (Å²) < 4.78 is 2.10. The van der Waals surface area contributed by atoms with Gasteiger partial charge < -0.3 is 22.4 Å². The van der Waals surface area contributed by atoms with Crippen molar-refractivity contribution < 1.29 is 26.9 Å². The summed E-state index contributed by atoms with van der Waals surface area (Å²) in [6.07, 6.45) is 6.16. The molecule has 5 heteroatoms. The molecule has 3 aromatic rings. The third kappa shape index (κ3) is 5.44. The smallest absolute Gasteiger partial charge is 0.335 e. The highest BCUT2D eigenvalue weighted by Gasteiger charge is 2.10. The molecule has 0 fully saturated rings. The van der Waals surface area contributed by atoms with Gasteiger partial charge in [-0.3, -0.25) is 0 Å². The zero-order valence-electron chi connectivity index (χ0n) is 15.9. The number of aromatic nitrogens is 1. The number of carboxylic acid groups (broad SMARTS) is 1. The van der Waals surface area contributed by atoms with Crippen molar-refractivity contribution in [2.24, 2.45) is 0 Å². The van der Waals surface area contributed by atoms with Crippen molar-refractivity contribution in [3.8, 4) is 0 Å². The fraction of sp³-hybridized carbons (Fsp3) is 0.130. The fourth-order valence-electron chi connectivity index (χ4n) is 2.85. The van der Waals surface area contributed by atoms with Crippen LogP contribution in [0.3, 0.4) is 0 Å². The Morgan fingerprint density at radius 3 is 2.43 bits per heavy atom. The highest BCUT2D eigenvalue weighted by molar-refractivity contribution is 5.87. The summed E-state index contributed by atoms with van der Waals surface area (Å²) in [7, 11) is 4.05. The number of halogens is 1. The first kappa shape index (κ1) is 21.2. The number of carbonyl (C=O) groups is 1. The molecule has 144 valence electrons. The van der Waals surface area contributed by atoms with Gasteiger partial charge in [0.15, 0.2) is 12.7 Å². The quantitative estimate of drug-likeness (QED) is 0.633. The second kappa shape index (κ2) is 9.72. The molecule has 1 aromatic heterocycles. The minimum atomic E-state index is -0.906. The molecular weight excluding hydrogens is 372 g/mol. The van der Waals surface area contributed by atoms with Gasteiger partial charge in [0.1, 0.15) is 0 Å². The Kier molecular flexibility index (Phi) is 7.36. The van der Waals surface area contributed by atoms with Gasteiger partial charge in [-0.15, -0.1) is 0 Å². The molecule has 3 rings (SSSR count). The van der Waals surface area contributed by atoms with Crippen LogP contribution in [-0.2, 0) is 6.54 Å². The Morgan fingerprint density at radius 1 is 1.00 bits per heavy atom. The molecule has 0 aliphatic heterocycles. The summed E-state index contributed by atoms with van der Waals surface area (Å²) in [6, 6.07) is 21.5. The monoisotopic (exact) mass is 394 g/mol. The molecule has 0 spiro atoms. The number of nitrogens with zero attached hydrogens (tertiary/aromatic N) is 2. The predicted molar refractivity (Wildman–Crippen MR) is 109 cm³/mol. The third-order valence-electron chi connectivity index (χ3n) is 4.36. The van der Waals surface area contributed by atoms with E-state index in [1.54, 1.807) is 18.2 Å². The maximum atomic E-state index is 11.2. The first-order valence-electron chi connectivity index (χ1n) is 8.79. The van der Waals surface area contributed by atoms with Crippen LogP contribution in [0.4, 0.5) is 5.69 Å². The normalized spacial score (nSPS) is 10.5. The van der Waals surface area contributed by atoms with Crippen LogP contribution in [0.5, 0.6) is 0 Å². The van der Waals surface area contributed by atoms with Gasteiger partial charge in [-0.05, 0) is 42.0 Å². The lowest BCUT2D eigenvalue weighted by Gasteiger charge is -2.11. The Morgan fingerprint density at radius 2 is 1.75 bits per heavy atom. The lowest BCUT2D eigenvalue weighted by atomic mass is 10.1. The lowest BCUT2D eigenvalue weighted by Crippen LogP contribution is -3.00. The second-order valence-electron chi connectivity index (χ2n) is 6.58. The van der Waals surface area contributed by atoms with Crippen LogP contribution in [0.25, 0.3) is 12.2 Å². The van der Waals surface area contributed by atoms with E-state index < -0.39 is 5.97 Å². The van der Waals surface area contributed by atoms with Crippen LogP contribution < -0.4 is 21.9 Å². The number of hydrogen-bond donors (Lipinski definition) is 1. The van der Waals surface area contributed by atoms with E-state index in [2.05, 4.69) is 45.9 Å². The van der Waals surface area contributed by atoms with Crippen molar-refractivity contribution >= 4 is 23.8 Å². The summed E-state index contributed by atoms with van der Waals surface area (Å²) in [5, 5.41) is 9.17. The molecule has 0 saturated heterocycles. The van der Waals surface area contributed by atoms with E-state index in [0.29, 0.717) is 12.1 Å². The number of anilines is 1. The molecule has 0 saturated carbocycles. The molecule has 0 atom stereocenters. The van der Waals surface area contributed by atoms with E-state index in [1.165, 1.54) is 5.69 Å². The Bertz CT molecular complexity index is 966. The highest BCUT2D eigenvalue weighted by atomic mass is 35.5. The molecule has 0 unspecified atom stereocenters. The number of rotatable bonds is 6. The summed E-state index contributed by atoms with van der Waals surface area (Å²) >= 11 is 0.